The Morgan fingerprint density at radius 3 is 2.34 bits per heavy atom. The minimum atomic E-state index is -3.79. The quantitative estimate of drug-likeness (QED) is 0.439. The molecule has 0 fully saturated rings. The molecule has 1 atom stereocenters. The van der Waals surface area contributed by atoms with Crippen molar-refractivity contribution >= 4 is 55.6 Å². The second-order valence-electron chi connectivity index (χ2n) is 7.13. The third-order valence-electron chi connectivity index (χ3n) is 4.44. The highest BCUT2D eigenvalue weighted by atomic mass is 35.5. The van der Waals surface area contributed by atoms with Crippen LogP contribution in [0.25, 0.3) is 0 Å². The lowest BCUT2D eigenvalue weighted by molar-refractivity contribution is -0.118. The number of aromatic nitrogens is 1. The Labute approximate surface area is 195 Å². The van der Waals surface area contributed by atoms with Crippen molar-refractivity contribution in [3.8, 4) is 0 Å². The molecule has 168 valence electrons. The van der Waals surface area contributed by atoms with Crippen molar-refractivity contribution in [2.75, 3.05) is 10.0 Å². The lowest BCUT2D eigenvalue weighted by Crippen LogP contribution is -2.47. The summed E-state index contributed by atoms with van der Waals surface area (Å²) in [5.74, 6) is -1.10. The van der Waals surface area contributed by atoms with E-state index in [0.717, 1.165) is 11.3 Å². The molecule has 32 heavy (non-hydrogen) atoms. The summed E-state index contributed by atoms with van der Waals surface area (Å²) in [6, 6.07) is 11.4. The highest BCUT2D eigenvalue weighted by Crippen LogP contribution is 2.20. The molecule has 2 amide bonds. The van der Waals surface area contributed by atoms with Crippen molar-refractivity contribution in [2.24, 2.45) is 5.92 Å². The lowest BCUT2D eigenvalue weighted by Gasteiger charge is -2.22. The summed E-state index contributed by atoms with van der Waals surface area (Å²) in [7, 11) is -3.79. The van der Waals surface area contributed by atoms with Crippen LogP contribution in [0.5, 0.6) is 0 Å². The highest BCUT2D eigenvalue weighted by Gasteiger charge is 2.25. The minimum absolute atomic E-state index is 0.0260. The number of halogens is 1. The van der Waals surface area contributed by atoms with Gasteiger partial charge in [-0.2, -0.15) is 0 Å². The van der Waals surface area contributed by atoms with E-state index < -0.39 is 27.9 Å². The van der Waals surface area contributed by atoms with Crippen LogP contribution < -0.4 is 15.4 Å². The average molecular weight is 493 g/mol. The second-order valence-corrected chi connectivity index (χ2v) is 10.1. The molecule has 0 bridgehead atoms. The summed E-state index contributed by atoms with van der Waals surface area (Å²) in [5, 5.41) is 7.62. The maximum atomic E-state index is 12.8. The van der Waals surface area contributed by atoms with Gasteiger partial charge in [0.15, 0.2) is 5.13 Å². The lowest BCUT2D eigenvalue weighted by atomic mass is 10.0. The molecule has 3 rings (SSSR count). The number of benzene rings is 2. The highest BCUT2D eigenvalue weighted by molar-refractivity contribution is 7.93. The van der Waals surface area contributed by atoms with Crippen molar-refractivity contribution in [3.05, 3.63) is 70.7 Å². The summed E-state index contributed by atoms with van der Waals surface area (Å²) in [6.07, 6.45) is 1.50. The van der Waals surface area contributed by atoms with Gasteiger partial charge in [-0.25, -0.2) is 13.4 Å². The van der Waals surface area contributed by atoms with E-state index in [4.69, 9.17) is 11.6 Å². The van der Waals surface area contributed by atoms with Crippen molar-refractivity contribution < 1.29 is 18.0 Å². The van der Waals surface area contributed by atoms with Crippen LogP contribution in [-0.4, -0.2) is 31.3 Å². The first-order valence-corrected chi connectivity index (χ1v) is 12.3. The van der Waals surface area contributed by atoms with Crippen molar-refractivity contribution in [1.82, 2.24) is 10.3 Å². The third-order valence-corrected chi connectivity index (χ3v) is 6.94. The van der Waals surface area contributed by atoms with Gasteiger partial charge in [0, 0.05) is 17.3 Å². The predicted octanol–water partition coefficient (Wildman–Crippen LogP) is 3.99. The number of carbonyl (C=O) groups excluding carboxylic acids is 2. The van der Waals surface area contributed by atoms with E-state index in [1.54, 1.807) is 43.5 Å². The van der Waals surface area contributed by atoms with E-state index in [1.165, 1.54) is 30.5 Å². The van der Waals surface area contributed by atoms with Crippen LogP contribution in [0.1, 0.15) is 24.2 Å². The number of amides is 2. The molecule has 11 heteroatoms. The second kappa shape index (κ2) is 10.1. The molecule has 1 aromatic heterocycles. The SMILES string of the molecule is CC(C)[C@H](NC(=O)c1ccccc1Cl)C(=O)Nc1ccc(S(=O)(=O)Nc2nccs2)cc1. The topological polar surface area (TPSA) is 117 Å². The number of nitrogens with zero attached hydrogens (tertiary/aromatic N) is 1. The summed E-state index contributed by atoms with van der Waals surface area (Å²) >= 11 is 7.23. The molecule has 0 unspecified atom stereocenters. The largest absolute Gasteiger partial charge is 0.340 e. The monoisotopic (exact) mass is 492 g/mol. The number of hydrogen-bond acceptors (Lipinski definition) is 6. The van der Waals surface area contributed by atoms with Gasteiger partial charge in [-0.15, -0.1) is 11.3 Å². The van der Waals surface area contributed by atoms with Gasteiger partial charge >= 0.3 is 0 Å². The molecule has 8 nitrogen and oxygen atoms in total. The van der Waals surface area contributed by atoms with Crippen LogP contribution >= 0.6 is 22.9 Å². The molecule has 1 heterocycles. The van der Waals surface area contributed by atoms with Crippen molar-refractivity contribution in [3.63, 3.8) is 0 Å². The Kier molecular flexibility index (Phi) is 7.49. The zero-order chi connectivity index (χ0) is 23.3. The molecule has 3 N–H and O–H groups in total. The fraction of sp³-hybridized carbons (Fsp3) is 0.190. The smallest absolute Gasteiger partial charge is 0.263 e. The molecule has 0 saturated heterocycles. The zero-order valence-electron chi connectivity index (χ0n) is 17.2. The Morgan fingerprint density at radius 2 is 1.75 bits per heavy atom. The molecular formula is C21H21ClN4O4S2. The van der Waals surface area contributed by atoms with Gasteiger partial charge in [-0.1, -0.05) is 37.6 Å². The Bertz CT molecular complexity index is 1200. The molecule has 0 spiro atoms. The van der Waals surface area contributed by atoms with Crippen LogP contribution in [0, 0.1) is 5.92 Å². The first-order valence-electron chi connectivity index (χ1n) is 9.56. The number of carbonyl (C=O) groups is 2. The van der Waals surface area contributed by atoms with Gasteiger partial charge < -0.3 is 10.6 Å². The summed E-state index contributed by atoms with van der Waals surface area (Å²) in [6.45, 7) is 3.61. The number of thiazole rings is 1. The van der Waals surface area contributed by atoms with Gasteiger partial charge in [0.25, 0.3) is 15.9 Å². The summed E-state index contributed by atoms with van der Waals surface area (Å²) in [4.78, 5) is 29.3. The number of sulfonamides is 1. The molecular weight excluding hydrogens is 472 g/mol. The molecule has 2 aromatic carbocycles. The van der Waals surface area contributed by atoms with E-state index in [2.05, 4.69) is 20.3 Å². The van der Waals surface area contributed by atoms with Crippen LogP contribution in [0.15, 0.2) is 65.0 Å². The van der Waals surface area contributed by atoms with E-state index in [9.17, 15) is 18.0 Å². The maximum absolute atomic E-state index is 12.8. The molecule has 0 aliphatic rings. The number of nitrogens with one attached hydrogen (secondary N) is 3. The van der Waals surface area contributed by atoms with Crippen LogP contribution in [0.4, 0.5) is 10.8 Å². The normalized spacial score (nSPS) is 12.2. The van der Waals surface area contributed by atoms with Gasteiger partial charge in [-0.05, 0) is 42.3 Å². The molecule has 0 radical (unpaired) electrons. The van der Waals surface area contributed by atoms with Gasteiger partial charge in [0.2, 0.25) is 5.91 Å². The molecule has 0 aliphatic carbocycles. The maximum Gasteiger partial charge on any atom is 0.263 e. The van der Waals surface area contributed by atoms with E-state index >= 15 is 0 Å². The fourth-order valence-corrected chi connectivity index (χ4v) is 4.79. The fourth-order valence-electron chi connectivity index (χ4n) is 2.78. The Morgan fingerprint density at radius 1 is 1.06 bits per heavy atom. The number of rotatable bonds is 8. The van der Waals surface area contributed by atoms with Crippen LogP contribution in [0.3, 0.4) is 0 Å². The zero-order valence-corrected chi connectivity index (χ0v) is 19.6. The van der Waals surface area contributed by atoms with E-state index in [0.29, 0.717) is 5.69 Å². The van der Waals surface area contributed by atoms with Crippen LogP contribution in [0.2, 0.25) is 5.02 Å². The van der Waals surface area contributed by atoms with Crippen LogP contribution in [-0.2, 0) is 14.8 Å². The Balaban J connectivity index is 1.69. The van der Waals surface area contributed by atoms with Crippen molar-refractivity contribution in [2.45, 2.75) is 24.8 Å². The summed E-state index contributed by atoms with van der Waals surface area (Å²) in [5.41, 5.74) is 0.663. The van der Waals surface area contributed by atoms with Crippen molar-refractivity contribution in [1.29, 1.82) is 0 Å². The average Bonchev–Trinajstić information content (AvgIpc) is 3.24. The molecule has 3 aromatic rings. The number of hydrogen-bond donors (Lipinski definition) is 3. The predicted molar refractivity (Wildman–Crippen MR) is 126 cm³/mol. The molecule has 0 aliphatic heterocycles. The van der Waals surface area contributed by atoms with E-state index in [-0.39, 0.29) is 26.5 Å². The van der Waals surface area contributed by atoms with E-state index in [1.807, 2.05) is 0 Å². The van der Waals surface area contributed by atoms with Gasteiger partial charge in [-0.3, -0.25) is 14.3 Å². The first kappa shape index (κ1) is 23.7. The Hall–Kier alpha value is -2.95. The minimum Gasteiger partial charge on any atom is -0.340 e. The summed E-state index contributed by atoms with van der Waals surface area (Å²) < 4.78 is 27.2. The van der Waals surface area contributed by atoms with Gasteiger partial charge in [0.1, 0.15) is 6.04 Å². The third kappa shape index (κ3) is 5.84. The first-order chi connectivity index (χ1) is 15.2. The standard InChI is InChI=1S/C21H21ClN4O4S2/c1-13(2)18(25-19(27)16-5-3-4-6-17(16)22)20(28)24-14-7-9-15(10-8-14)32(29,30)26-21-23-11-12-31-21/h3-13,18H,1-2H3,(H,23,26)(H,24,28)(H,25,27)/t18-/m0/s1. The molecule has 0 saturated carbocycles. The number of anilines is 2. The van der Waals surface area contributed by atoms with Gasteiger partial charge in [0.05, 0.1) is 15.5 Å².